The average molecular weight is 320 g/mol. The first-order valence-electron chi connectivity index (χ1n) is 6.19. The van der Waals surface area contributed by atoms with Gasteiger partial charge in [0.1, 0.15) is 5.76 Å². The third kappa shape index (κ3) is 5.49. The predicted octanol–water partition coefficient (Wildman–Crippen LogP) is 4.47. The Hall–Kier alpha value is 0.0700. The molecular weight excluding hydrogens is 298 g/mol. The van der Waals surface area contributed by atoms with E-state index in [0.717, 1.165) is 34.9 Å². The lowest BCUT2D eigenvalue weighted by Crippen LogP contribution is -2.24. The molecule has 0 saturated carbocycles. The molecule has 0 aromatic carbocycles. The van der Waals surface area contributed by atoms with E-state index in [1.807, 2.05) is 17.8 Å². The number of hydrogen-bond acceptors (Lipinski definition) is 3. The van der Waals surface area contributed by atoms with Gasteiger partial charge in [-0.25, -0.2) is 0 Å². The van der Waals surface area contributed by atoms with Crippen LogP contribution in [-0.2, 0) is 0 Å². The van der Waals surface area contributed by atoms with Gasteiger partial charge in [0.15, 0.2) is 0 Å². The van der Waals surface area contributed by atoms with Crippen molar-refractivity contribution >= 4 is 27.7 Å². The molecule has 0 saturated heterocycles. The van der Waals surface area contributed by atoms with E-state index in [-0.39, 0.29) is 0 Å². The molecule has 2 nitrogen and oxygen atoms in total. The Morgan fingerprint density at radius 3 is 2.71 bits per heavy atom. The molecule has 1 aromatic rings. The summed E-state index contributed by atoms with van der Waals surface area (Å²) >= 11 is 5.52. The Morgan fingerprint density at radius 2 is 2.18 bits per heavy atom. The Morgan fingerprint density at radius 1 is 1.41 bits per heavy atom. The van der Waals surface area contributed by atoms with Gasteiger partial charge in [-0.05, 0) is 46.6 Å². The summed E-state index contributed by atoms with van der Waals surface area (Å²) in [4.78, 5) is 0. The van der Waals surface area contributed by atoms with Crippen LogP contribution in [0.3, 0.4) is 0 Å². The topological polar surface area (TPSA) is 25.2 Å². The Bertz CT molecular complexity index is 314. The summed E-state index contributed by atoms with van der Waals surface area (Å²) in [7, 11) is 0. The molecule has 17 heavy (non-hydrogen) atoms. The molecule has 0 fully saturated rings. The SMILES string of the molecule is CCCNC(CSCC(C)C)c1occc1Br. The van der Waals surface area contributed by atoms with Crippen LogP contribution in [0, 0.1) is 5.92 Å². The average Bonchev–Trinajstić information content (AvgIpc) is 2.69. The maximum atomic E-state index is 5.56. The summed E-state index contributed by atoms with van der Waals surface area (Å²) in [5, 5.41) is 3.54. The van der Waals surface area contributed by atoms with Crippen molar-refractivity contribution in [1.82, 2.24) is 5.32 Å². The first-order valence-corrected chi connectivity index (χ1v) is 8.14. The van der Waals surface area contributed by atoms with Crippen molar-refractivity contribution < 1.29 is 4.42 Å². The van der Waals surface area contributed by atoms with Gasteiger partial charge in [-0.2, -0.15) is 11.8 Å². The maximum absolute atomic E-state index is 5.56. The van der Waals surface area contributed by atoms with Crippen LogP contribution in [0.25, 0.3) is 0 Å². The predicted molar refractivity (Wildman–Crippen MR) is 79.6 cm³/mol. The normalized spacial score (nSPS) is 13.2. The fourth-order valence-corrected chi connectivity index (χ4v) is 3.11. The van der Waals surface area contributed by atoms with Crippen molar-refractivity contribution in [3.63, 3.8) is 0 Å². The Labute approximate surface area is 117 Å². The maximum Gasteiger partial charge on any atom is 0.135 e. The third-order valence-corrected chi connectivity index (χ3v) is 4.46. The molecule has 0 aliphatic carbocycles. The van der Waals surface area contributed by atoms with Crippen LogP contribution in [0.1, 0.15) is 39.0 Å². The summed E-state index contributed by atoms with van der Waals surface area (Å²) in [6.45, 7) is 7.72. The number of furan rings is 1. The number of halogens is 1. The lowest BCUT2D eigenvalue weighted by atomic mass is 10.2. The van der Waals surface area contributed by atoms with Crippen molar-refractivity contribution in [2.75, 3.05) is 18.1 Å². The highest BCUT2D eigenvalue weighted by atomic mass is 79.9. The van der Waals surface area contributed by atoms with Crippen LogP contribution in [0.4, 0.5) is 0 Å². The number of nitrogens with one attached hydrogen (secondary N) is 1. The van der Waals surface area contributed by atoms with Gasteiger partial charge in [-0.15, -0.1) is 0 Å². The zero-order chi connectivity index (χ0) is 12.7. The summed E-state index contributed by atoms with van der Waals surface area (Å²) in [5.41, 5.74) is 0. The van der Waals surface area contributed by atoms with Gasteiger partial charge in [0.2, 0.25) is 0 Å². The minimum atomic E-state index is 0.308. The van der Waals surface area contributed by atoms with E-state index in [0.29, 0.717) is 6.04 Å². The van der Waals surface area contributed by atoms with E-state index >= 15 is 0 Å². The number of thioether (sulfide) groups is 1. The molecule has 1 atom stereocenters. The molecule has 1 N–H and O–H groups in total. The molecule has 1 heterocycles. The van der Waals surface area contributed by atoms with Crippen molar-refractivity contribution in [3.8, 4) is 0 Å². The van der Waals surface area contributed by atoms with Gasteiger partial charge < -0.3 is 9.73 Å². The van der Waals surface area contributed by atoms with Crippen molar-refractivity contribution in [1.29, 1.82) is 0 Å². The largest absolute Gasteiger partial charge is 0.466 e. The Kier molecular flexibility index (Phi) is 7.32. The van der Waals surface area contributed by atoms with Crippen molar-refractivity contribution in [2.45, 2.75) is 33.2 Å². The van der Waals surface area contributed by atoms with Crippen LogP contribution in [0.15, 0.2) is 21.2 Å². The highest BCUT2D eigenvalue weighted by molar-refractivity contribution is 9.10. The van der Waals surface area contributed by atoms with Crippen LogP contribution in [0.5, 0.6) is 0 Å². The molecule has 1 rings (SSSR count). The Balaban J connectivity index is 2.52. The number of hydrogen-bond donors (Lipinski definition) is 1. The quantitative estimate of drug-likeness (QED) is 0.765. The lowest BCUT2D eigenvalue weighted by Gasteiger charge is -2.17. The highest BCUT2D eigenvalue weighted by Crippen LogP contribution is 2.27. The molecule has 0 aliphatic heterocycles. The van der Waals surface area contributed by atoms with Crippen LogP contribution in [-0.4, -0.2) is 18.1 Å². The van der Waals surface area contributed by atoms with Crippen LogP contribution >= 0.6 is 27.7 Å². The fraction of sp³-hybridized carbons (Fsp3) is 0.692. The molecular formula is C13H22BrNOS. The second-order valence-electron chi connectivity index (χ2n) is 4.57. The minimum Gasteiger partial charge on any atom is -0.466 e. The molecule has 0 aliphatic rings. The molecule has 0 bridgehead atoms. The molecule has 0 radical (unpaired) electrons. The first kappa shape index (κ1) is 15.1. The minimum absolute atomic E-state index is 0.308. The number of rotatable bonds is 8. The van der Waals surface area contributed by atoms with E-state index in [4.69, 9.17) is 4.42 Å². The van der Waals surface area contributed by atoms with E-state index < -0.39 is 0 Å². The van der Waals surface area contributed by atoms with Gasteiger partial charge >= 0.3 is 0 Å². The van der Waals surface area contributed by atoms with Crippen molar-refractivity contribution in [3.05, 3.63) is 22.6 Å². The van der Waals surface area contributed by atoms with E-state index in [1.54, 1.807) is 6.26 Å². The molecule has 4 heteroatoms. The van der Waals surface area contributed by atoms with Gasteiger partial charge in [0.25, 0.3) is 0 Å². The van der Waals surface area contributed by atoms with E-state index in [1.165, 1.54) is 5.75 Å². The monoisotopic (exact) mass is 319 g/mol. The summed E-state index contributed by atoms with van der Waals surface area (Å²) in [6.07, 6.45) is 2.89. The first-order chi connectivity index (χ1) is 8.15. The van der Waals surface area contributed by atoms with Gasteiger partial charge in [0.05, 0.1) is 16.8 Å². The van der Waals surface area contributed by atoms with Crippen molar-refractivity contribution in [2.24, 2.45) is 5.92 Å². The molecule has 0 amide bonds. The fourth-order valence-electron chi connectivity index (χ4n) is 1.52. The van der Waals surface area contributed by atoms with Crippen LogP contribution in [0.2, 0.25) is 0 Å². The highest BCUT2D eigenvalue weighted by Gasteiger charge is 2.17. The van der Waals surface area contributed by atoms with Gasteiger partial charge in [-0.3, -0.25) is 0 Å². The van der Waals surface area contributed by atoms with Gasteiger partial charge in [0, 0.05) is 5.75 Å². The second-order valence-corrected chi connectivity index (χ2v) is 6.50. The molecule has 1 aromatic heterocycles. The van der Waals surface area contributed by atoms with E-state index in [2.05, 4.69) is 42.0 Å². The molecule has 1 unspecified atom stereocenters. The standard InChI is InChI=1S/C13H22BrNOS/c1-4-6-15-12(9-17-8-10(2)3)13-11(14)5-7-16-13/h5,7,10,12,15H,4,6,8-9H2,1-3H3. The second kappa shape index (κ2) is 8.22. The summed E-state index contributed by atoms with van der Waals surface area (Å²) in [6, 6.07) is 2.27. The molecule has 98 valence electrons. The lowest BCUT2D eigenvalue weighted by molar-refractivity contribution is 0.432. The smallest absolute Gasteiger partial charge is 0.135 e. The zero-order valence-corrected chi connectivity index (χ0v) is 13.2. The van der Waals surface area contributed by atoms with Crippen LogP contribution < -0.4 is 5.32 Å². The summed E-state index contributed by atoms with van der Waals surface area (Å²) in [5.74, 6) is 4.02. The van der Waals surface area contributed by atoms with Gasteiger partial charge in [-0.1, -0.05) is 20.8 Å². The zero-order valence-electron chi connectivity index (χ0n) is 10.8. The third-order valence-electron chi connectivity index (χ3n) is 2.34. The van der Waals surface area contributed by atoms with E-state index in [9.17, 15) is 0 Å². The molecule has 0 spiro atoms. The summed E-state index contributed by atoms with van der Waals surface area (Å²) < 4.78 is 6.62.